The van der Waals surface area contributed by atoms with E-state index in [1.165, 1.54) is 31.2 Å². The van der Waals surface area contributed by atoms with Crippen LogP contribution in [-0.4, -0.2) is 35.8 Å². The van der Waals surface area contributed by atoms with Crippen molar-refractivity contribution in [1.29, 1.82) is 0 Å². The molecule has 0 unspecified atom stereocenters. The van der Waals surface area contributed by atoms with Gasteiger partial charge in [-0.1, -0.05) is 24.3 Å². The van der Waals surface area contributed by atoms with E-state index in [2.05, 4.69) is 17.2 Å². The van der Waals surface area contributed by atoms with Crippen LogP contribution in [0.2, 0.25) is 0 Å². The molecule has 116 valence electrons. The summed E-state index contributed by atoms with van der Waals surface area (Å²) in [7, 11) is 0. The second-order valence-corrected chi connectivity index (χ2v) is 5.02. The molecule has 0 saturated carbocycles. The van der Waals surface area contributed by atoms with Gasteiger partial charge < -0.3 is 10.6 Å². The van der Waals surface area contributed by atoms with Crippen LogP contribution in [0.25, 0.3) is 0 Å². The van der Waals surface area contributed by atoms with Crippen molar-refractivity contribution in [3.8, 4) is 0 Å². The Morgan fingerprint density at radius 2 is 2.14 bits per heavy atom. The van der Waals surface area contributed by atoms with Gasteiger partial charge in [-0.3, -0.25) is 14.5 Å². The maximum atomic E-state index is 13.9. The number of imide groups is 1. The third kappa shape index (κ3) is 2.69. The number of halogens is 1. The highest BCUT2D eigenvalue weighted by molar-refractivity contribution is 6.09. The fourth-order valence-corrected chi connectivity index (χ4v) is 2.28. The molecular formula is C15H16FN3O3. The van der Waals surface area contributed by atoms with E-state index < -0.39 is 35.7 Å². The van der Waals surface area contributed by atoms with Crippen molar-refractivity contribution in [2.45, 2.75) is 12.5 Å². The fourth-order valence-electron chi connectivity index (χ4n) is 2.28. The van der Waals surface area contributed by atoms with Gasteiger partial charge in [0.25, 0.3) is 5.91 Å². The van der Waals surface area contributed by atoms with E-state index in [1.807, 2.05) is 0 Å². The topological polar surface area (TPSA) is 78.5 Å². The molecule has 1 saturated heterocycles. The van der Waals surface area contributed by atoms with Crippen LogP contribution in [0.5, 0.6) is 0 Å². The molecule has 1 aliphatic heterocycles. The number of rotatable bonds is 5. The first-order chi connectivity index (χ1) is 10.4. The van der Waals surface area contributed by atoms with Gasteiger partial charge in [-0.25, -0.2) is 9.18 Å². The zero-order chi connectivity index (χ0) is 16.3. The Bertz CT molecular complexity index is 647. The van der Waals surface area contributed by atoms with E-state index in [1.54, 1.807) is 6.07 Å². The molecule has 2 N–H and O–H groups in total. The predicted octanol–water partition coefficient (Wildman–Crippen LogP) is 0.895. The standard InChI is InChI=1S/C15H16FN3O3/c1-3-8-17-12(20)9-19-13(21)15(2,18-14(19)22)10-6-4-5-7-11(10)16/h3-7H,1,8-9H2,2H3,(H,17,20)(H,18,22)/t15-/m1/s1. The quantitative estimate of drug-likeness (QED) is 0.626. The van der Waals surface area contributed by atoms with Crippen molar-refractivity contribution >= 4 is 17.8 Å². The van der Waals surface area contributed by atoms with Crippen LogP contribution in [0, 0.1) is 5.82 Å². The number of nitrogens with one attached hydrogen (secondary N) is 2. The van der Waals surface area contributed by atoms with Gasteiger partial charge >= 0.3 is 6.03 Å². The smallest absolute Gasteiger partial charge is 0.325 e. The third-order valence-corrected chi connectivity index (χ3v) is 3.43. The zero-order valence-electron chi connectivity index (χ0n) is 12.1. The highest BCUT2D eigenvalue weighted by Gasteiger charge is 2.50. The SMILES string of the molecule is C=CCNC(=O)CN1C(=O)N[C@](C)(c2ccccc2F)C1=O. The molecular weight excluding hydrogens is 289 g/mol. The summed E-state index contributed by atoms with van der Waals surface area (Å²) < 4.78 is 13.9. The van der Waals surface area contributed by atoms with E-state index in [9.17, 15) is 18.8 Å². The van der Waals surface area contributed by atoms with Crippen LogP contribution < -0.4 is 10.6 Å². The number of carbonyl (C=O) groups is 3. The van der Waals surface area contributed by atoms with E-state index in [0.717, 1.165) is 4.90 Å². The lowest BCUT2D eigenvalue weighted by atomic mass is 9.91. The number of hydrogen-bond acceptors (Lipinski definition) is 3. The summed E-state index contributed by atoms with van der Waals surface area (Å²) in [4.78, 5) is 36.9. The molecule has 6 nitrogen and oxygen atoms in total. The van der Waals surface area contributed by atoms with Crippen molar-refractivity contribution in [3.63, 3.8) is 0 Å². The maximum absolute atomic E-state index is 13.9. The number of benzene rings is 1. The maximum Gasteiger partial charge on any atom is 0.325 e. The molecule has 1 atom stereocenters. The lowest BCUT2D eigenvalue weighted by Crippen LogP contribution is -2.43. The van der Waals surface area contributed by atoms with Crippen LogP contribution >= 0.6 is 0 Å². The predicted molar refractivity (Wildman–Crippen MR) is 77.2 cm³/mol. The Morgan fingerprint density at radius 1 is 1.45 bits per heavy atom. The molecule has 4 amide bonds. The second-order valence-electron chi connectivity index (χ2n) is 5.02. The molecule has 1 heterocycles. The van der Waals surface area contributed by atoms with E-state index >= 15 is 0 Å². The van der Waals surface area contributed by atoms with Gasteiger partial charge in [-0.05, 0) is 13.0 Å². The molecule has 7 heteroatoms. The molecule has 1 aliphatic rings. The Hall–Kier alpha value is -2.70. The minimum atomic E-state index is -1.53. The lowest BCUT2D eigenvalue weighted by Gasteiger charge is -2.22. The molecule has 0 aromatic heterocycles. The van der Waals surface area contributed by atoms with E-state index in [-0.39, 0.29) is 12.1 Å². The Balaban J connectivity index is 2.23. The molecule has 0 spiro atoms. The summed E-state index contributed by atoms with van der Waals surface area (Å²) in [5.41, 5.74) is -1.47. The van der Waals surface area contributed by atoms with Crippen LogP contribution in [0.15, 0.2) is 36.9 Å². The normalized spacial score (nSPS) is 20.7. The first kappa shape index (κ1) is 15.7. The van der Waals surface area contributed by atoms with Gasteiger partial charge in [0.05, 0.1) is 0 Å². The van der Waals surface area contributed by atoms with Crippen LogP contribution in [0.4, 0.5) is 9.18 Å². The van der Waals surface area contributed by atoms with E-state index in [4.69, 9.17) is 0 Å². The van der Waals surface area contributed by atoms with Gasteiger partial charge in [-0.2, -0.15) is 0 Å². The van der Waals surface area contributed by atoms with Gasteiger partial charge in [0.15, 0.2) is 0 Å². The number of nitrogens with zero attached hydrogens (tertiary/aromatic N) is 1. The third-order valence-electron chi connectivity index (χ3n) is 3.43. The number of amides is 4. The summed E-state index contributed by atoms with van der Waals surface area (Å²) in [6.07, 6.45) is 1.48. The van der Waals surface area contributed by atoms with Crippen LogP contribution in [0.1, 0.15) is 12.5 Å². The van der Waals surface area contributed by atoms with Crippen molar-refractivity contribution in [2.75, 3.05) is 13.1 Å². The van der Waals surface area contributed by atoms with Crippen LogP contribution in [0.3, 0.4) is 0 Å². The van der Waals surface area contributed by atoms with Crippen LogP contribution in [-0.2, 0) is 15.1 Å². The minimum absolute atomic E-state index is 0.0577. The molecule has 1 aromatic rings. The monoisotopic (exact) mass is 305 g/mol. The van der Waals surface area contributed by atoms with Gasteiger partial charge in [0.2, 0.25) is 5.91 Å². The molecule has 0 bridgehead atoms. The summed E-state index contributed by atoms with van der Waals surface area (Å²) in [6, 6.07) is 4.96. The molecule has 1 fully saturated rings. The Kier molecular flexibility index (Phi) is 4.25. The Labute approximate surface area is 127 Å². The van der Waals surface area contributed by atoms with Gasteiger partial charge in [-0.15, -0.1) is 6.58 Å². The number of hydrogen-bond donors (Lipinski definition) is 2. The first-order valence-corrected chi connectivity index (χ1v) is 6.67. The summed E-state index contributed by atoms with van der Waals surface area (Å²) in [5, 5.41) is 4.92. The van der Waals surface area contributed by atoms with Crippen molar-refractivity contribution in [1.82, 2.24) is 15.5 Å². The number of carbonyl (C=O) groups excluding carboxylic acids is 3. The van der Waals surface area contributed by atoms with Crippen molar-refractivity contribution < 1.29 is 18.8 Å². The number of urea groups is 1. The summed E-state index contributed by atoms with van der Waals surface area (Å²) in [5.74, 6) is -1.77. The van der Waals surface area contributed by atoms with E-state index in [0.29, 0.717) is 0 Å². The average Bonchev–Trinajstić information content (AvgIpc) is 2.70. The van der Waals surface area contributed by atoms with Gasteiger partial charge in [0.1, 0.15) is 17.9 Å². The molecule has 0 aliphatic carbocycles. The van der Waals surface area contributed by atoms with Crippen molar-refractivity contribution in [2.24, 2.45) is 0 Å². The largest absolute Gasteiger partial charge is 0.351 e. The average molecular weight is 305 g/mol. The van der Waals surface area contributed by atoms with Gasteiger partial charge in [0, 0.05) is 12.1 Å². The highest BCUT2D eigenvalue weighted by atomic mass is 19.1. The van der Waals surface area contributed by atoms with Crippen molar-refractivity contribution in [3.05, 3.63) is 48.3 Å². The fraction of sp³-hybridized carbons (Fsp3) is 0.267. The zero-order valence-corrected chi connectivity index (χ0v) is 12.1. The molecule has 2 rings (SSSR count). The first-order valence-electron chi connectivity index (χ1n) is 6.67. The molecule has 1 aromatic carbocycles. The summed E-state index contributed by atoms with van der Waals surface area (Å²) in [6.45, 7) is 4.66. The molecule has 0 radical (unpaired) electrons. The Morgan fingerprint density at radius 3 is 2.77 bits per heavy atom. The molecule has 22 heavy (non-hydrogen) atoms. The highest BCUT2D eigenvalue weighted by Crippen LogP contribution is 2.30. The minimum Gasteiger partial charge on any atom is -0.351 e. The second kappa shape index (κ2) is 5.97. The lowest BCUT2D eigenvalue weighted by molar-refractivity contribution is -0.134. The summed E-state index contributed by atoms with van der Waals surface area (Å²) >= 11 is 0.